The van der Waals surface area contributed by atoms with Gasteiger partial charge in [-0.2, -0.15) is 0 Å². The summed E-state index contributed by atoms with van der Waals surface area (Å²) >= 11 is 0. The Kier molecular flexibility index (Phi) is 8.21. The van der Waals surface area contributed by atoms with Crippen molar-refractivity contribution in [3.05, 3.63) is 0 Å². The molecule has 3 aliphatic rings. The lowest BCUT2D eigenvalue weighted by Gasteiger charge is -2.46. The van der Waals surface area contributed by atoms with Gasteiger partial charge in [0.25, 0.3) is 0 Å². The molecule has 3 fully saturated rings. The van der Waals surface area contributed by atoms with Crippen molar-refractivity contribution in [3.63, 3.8) is 0 Å². The summed E-state index contributed by atoms with van der Waals surface area (Å²) in [6.45, 7) is 0.461. The van der Waals surface area contributed by atoms with Crippen molar-refractivity contribution in [2.45, 2.75) is 92.9 Å². The number of hydrogen-bond acceptors (Lipinski definition) is 14. The van der Waals surface area contributed by atoms with E-state index in [4.69, 9.17) is 23.7 Å². The maximum absolute atomic E-state index is 10.5. The fourth-order valence-corrected chi connectivity index (χ4v) is 3.71. The number of aliphatic hydroxyl groups is 9. The highest BCUT2D eigenvalue weighted by Gasteiger charge is 2.51. The van der Waals surface area contributed by atoms with Gasteiger partial charge in [-0.15, -0.1) is 0 Å². The van der Waals surface area contributed by atoms with Crippen LogP contribution in [0.3, 0.4) is 0 Å². The molecule has 0 aromatic carbocycles. The molecule has 1 unspecified atom stereocenters. The largest absolute Gasteiger partial charge is 0.394 e. The van der Waals surface area contributed by atoms with Gasteiger partial charge in [0, 0.05) is 0 Å². The molecule has 0 bridgehead atoms. The summed E-state index contributed by atoms with van der Waals surface area (Å²) in [5, 5.41) is 89.0. The third-order valence-electron chi connectivity index (χ3n) is 5.68. The van der Waals surface area contributed by atoms with Gasteiger partial charge < -0.3 is 69.6 Å². The van der Waals surface area contributed by atoms with Gasteiger partial charge in [0.2, 0.25) is 0 Å². The molecule has 31 heavy (non-hydrogen) atoms. The minimum atomic E-state index is -1.72. The van der Waals surface area contributed by atoms with Crippen molar-refractivity contribution in [3.8, 4) is 0 Å². The van der Waals surface area contributed by atoms with E-state index in [9.17, 15) is 46.0 Å². The summed E-state index contributed by atoms with van der Waals surface area (Å²) in [4.78, 5) is 0. The van der Waals surface area contributed by atoms with E-state index in [2.05, 4.69) is 0 Å². The Hall–Kier alpha value is -0.560. The molecule has 0 spiro atoms. The van der Waals surface area contributed by atoms with Gasteiger partial charge in [-0.3, -0.25) is 0 Å². The molecule has 9 N–H and O–H groups in total. The van der Waals surface area contributed by atoms with Crippen molar-refractivity contribution in [1.29, 1.82) is 0 Å². The van der Waals surface area contributed by atoms with Crippen molar-refractivity contribution in [2.75, 3.05) is 13.2 Å². The first-order valence-electron chi connectivity index (χ1n) is 9.85. The second kappa shape index (κ2) is 10.1. The van der Waals surface area contributed by atoms with Gasteiger partial charge in [0.15, 0.2) is 18.9 Å². The van der Waals surface area contributed by atoms with Gasteiger partial charge >= 0.3 is 0 Å². The molecule has 14 atom stereocenters. The summed E-state index contributed by atoms with van der Waals surface area (Å²) in [5.41, 5.74) is 0. The van der Waals surface area contributed by atoms with E-state index in [-0.39, 0.29) is 6.61 Å². The highest BCUT2D eigenvalue weighted by Crippen LogP contribution is 2.30. The predicted octanol–water partition coefficient (Wildman–Crippen LogP) is -5.91. The van der Waals surface area contributed by atoms with Crippen LogP contribution in [-0.4, -0.2) is 145 Å². The molecule has 3 heterocycles. The van der Waals surface area contributed by atoms with Crippen LogP contribution in [0.5, 0.6) is 0 Å². The fraction of sp³-hybridized carbons (Fsp3) is 1.00. The Labute approximate surface area is 176 Å². The lowest BCUT2D eigenvalue weighted by molar-refractivity contribution is -0.367. The Morgan fingerprint density at radius 1 is 0.710 bits per heavy atom. The predicted molar refractivity (Wildman–Crippen MR) is 93.8 cm³/mol. The molecule has 3 rings (SSSR count). The topological polar surface area (TPSA) is 228 Å². The lowest BCUT2D eigenvalue weighted by Crippen LogP contribution is -2.64. The molecule has 0 radical (unpaired) electrons. The van der Waals surface area contributed by atoms with Crippen LogP contribution in [-0.2, 0) is 23.7 Å². The van der Waals surface area contributed by atoms with Crippen LogP contribution in [0.1, 0.15) is 6.92 Å². The van der Waals surface area contributed by atoms with E-state index >= 15 is 0 Å². The first-order chi connectivity index (χ1) is 14.6. The molecular formula is C17H30O14. The van der Waals surface area contributed by atoms with Crippen LogP contribution in [0.15, 0.2) is 0 Å². The molecule has 14 heteroatoms. The summed E-state index contributed by atoms with van der Waals surface area (Å²) in [6, 6.07) is 0. The third-order valence-corrected chi connectivity index (χ3v) is 5.68. The monoisotopic (exact) mass is 458 g/mol. The highest BCUT2D eigenvalue weighted by molar-refractivity contribution is 4.94. The van der Waals surface area contributed by atoms with Crippen LogP contribution in [0.2, 0.25) is 0 Å². The number of ether oxygens (including phenoxy) is 5. The fourth-order valence-electron chi connectivity index (χ4n) is 3.71. The Morgan fingerprint density at radius 2 is 1.32 bits per heavy atom. The first kappa shape index (κ1) is 25.1. The van der Waals surface area contributed by atoms with Gasteiger partial charge in [0.05, 0.1) is 19.3 Å². The van der Waals surface area contributed by atoms with Crippen molar-refractivity contribution >= 4 is 0 Å². The van der Waals surface area contributed by atoms with Crippen molar-refractivity contribution in [1.82, 2.24) is 0 Å². The number of rotatable bonds is 5. The number of hydrogen-bond donors (Lipinski definition) is 9. The Morgan fingerprint density at radius 3 is 1.97 bits per heavy atom. The molecule has 182 valence electrons. The summed E-state index contributed by atoms with van der Waals surface area (Å²) < 4.78 is 26.5. The van der Waals surface area contributed by atoms with E-state index in [1.807, 2.05) is 0 Å². The van der Waals surface area contributed by atoms with Crippen molar-refractivity contribution < 1.29 is 69.6 Å². The van der Waals surface area contributed by atoms with Gasteiger partial charge in [0.1, 0.15) is 61.0 Å². The van der Waals surface area contributed by atoms with Crippen LogP contribution in [0, 0.1) is 0 Å². The zero-order valence-electron chi connectivity index (χ0n) is 16.6. The van der Waals surface area contributed by atoms with Gasteiger partial charge in [-0.25, -0.2) is 0 Å². The molecule has 3 saturated heterocycles. The maximum Gasteiger partial charge on any atom is 0.187 e. The zero-order chi connectivity index (χ0) is 23.0. The van der Waals surface area contributed by atoms with Crippen LogP contribution < -0.4 is 0 Å². The van der Waals surface area contributed by atoms with Crippen molar-refractivity contribution in [2.24, 2.45) is 0 Å². The van der Waals surface area contributed by atoms with E-state index < -0.39 is 92.6 Å². The molecule has 3 aliphatic heterocycles. The van der Waals surface area contributed by atoms with E-state index in [1.165, 1.54) is 6.92 Å². The zero-order valence-corrected chi connectivity index (χ0v) is 16.6. The minimum absolute atomic E-state index is 0.318. The first-order valence-corrected chi connectivity index (χ1v) is 9.85. The molecule has 0 aliphatic carbocycles. The van der Waals surface area contributed by atoms with E-state index in [0.717, 1.165) is 0 Å². The van der Waals surface area contributed by atoms with E-state index in [0.29, 0.717) is 0 Å². The molecular weight excluding hydrogens is 428 g/mol. The second-order valence-corrected chi connectivity index (χ2v) is 7.87. The van der Waals surface area contributed by atoms with Crippen LogP contribution in [0.4, 0.5) is 0 Å². The maximum atomic E-state index is 10.5. The molecule has 0 aromatic heterocycles. The van der Waals surface area contributed by atoms with E-state index in [1.54, 1.807) is 0 Å². The lowest BCUT2D eigenvalue weighted by atomic mass is 9.97. The highest BCUT2D eigenvalue weighted by atomic mass is 16.7. The molecule has 0 amide bonds. The standard InChI is InChI=1S/C17H30O14/c1-4-14(31-17-12(24)9(21)7(19)5(2-18)29-17)10(22)13(25)16(28-4)30-6-3-27-15(26)11(23)8(6)20/h4-26H,2-3H2,1H3/t4-,5+,6+,7-,8+,9-,10-,11-,12+,13+,14-,15?,16-,17-/m0/s1. The Balaban J connectivity index is 1.63. The molecule has 14 nitrogen and oxygen atoms in total. The second-order valence-electron chi connectivity index (χ2n) is 7.87. The molecule has 0 saturated carbocycles. The van der Waals surface area contributed by atoms with Crippen LogP contribution in [0.25, 0.3) is 0 Å². The Bertz CT molecular complexity index is 579. The van der Waals surface area contributed by atoms with Gasteiger partial charge in [-0.05, 0) is 6.92 Å². The SMILES string of the molecule is C[C@@H]1O[C@@H](O[C@@H]2COC(O)[C@@H](O)[C@@H]2O)[C@H](O)[C@H](O)[C@H]1O[C@@H]1O[C@H](CO)[C@H](O)[C@H](O)[C@H]1O. The normalized spacial score (nSPS) is 54.0. The summed E-state index contributed by atoms with van der Waals surface area (Å²) in [7, 11) is 0. The van der Waals surface area contributed by atoms with Crippen LogP contribution >= 0.6 is 0 Å². The smallest absolute Gasteiger partial charge is 0.187 e. The quantitative estimate of drug-likeness (QED) is 0.187. The average molecular weight is 458 g/mol. The summed E-state index contributed by atoms with van der Waals surface area (Å²) in [6.07, 6.45) is -20.8. The summed E-state index contributed by atoms with van der Waals surface area (Å²) in [5.74, 6) is 0. The average Bonchev–Trinajstić information content (AvgIpc) is 2.74. The molecule has 0 aromatic rings. The van der Waals surface area contributed by atoms with Gasteiger partial charge in [-0.1, -0.05) is 0 Å². The third kappa shape index (κ3) is 5.02. The number of aliphatic hydroxyl groups excluding tert-OH is 9. The minimum Gasteiger partial charge on any atom is -0.394 e.